The molecule has 0 saturated carbocycles. The number of nitrogens with zero attached hydrogens (tertiary/aromatic N) is 3. The van der Waals surface area contributed by atoms with Gasteiger partial charge in [0.15, 0.2) is 0 Å². The molecule has 0 aromatic carbocycles. The second-order valence-electron chi connectivity index (χ2n) is 7.10. The van der Waals surface area contributed by atoms with Crippen molar-refractivity contribution in [2.45, 2.75) is 59.0 Å². The van der Waals surface area contributed by atoms with E-state index >= 15 is 0 Å². The van der Waals surface area contributed by atoms with E-state index in [9.17, 15) is 19.8 Å². The average molecular weight is 351 g/mol. The molecule has 0 bridgehead atoms. The van der Waals surface area contributed by atoms with Gasteiger partial charge in [0.2, 0.25) is 5.91 Å². The Bertz CT molecular complexity index is 655. The first-order chi connectivity index (χ1) is 11.7. The van der Waals surface area contributed by atoms with Gasteiger partial charge in [-0.1, -0.05) is 13.3 Å². The summed E-state index contributed by atoms with van der Waals surface area (Å²) < 4.78 is 1.81. The van der Waals surface area contributed by atoms with Gasteiger partial charge < -0.3 is 15.1 Å². The highest BCUT2D eigenvalue weighted by molar-refractivity contribution is 5.80. The van der Waals surface area contributed by atoms with Crippen LogP contribution in [0.25, 0.3) is 0 Å². The lowest BCUT2D eigenvalue weighted by atomic mass is 9.74. The Morgan fingerprint density at radius 2 is 2.04 bits per heavy atom. The van der Waals surface area contributed by atoms with Gasteiger partial charge in [-0.2, -0.15) is 5.10 Å². The molecule has 2 atom stereocenters. The van der Waals surface area contributed by atoms with Gasteiger partial charge >= 0.3 is 5.97 Å². The molecule has 1 aliphatic heterocycles. The molecule has 0 aliphatic carbocycles. The summed E-state index contributed by atoms with van der Waals surface area (Å²) in [6.45, 7) is 6.30. The van der Waals surface area contributed by atoms with E-state index in [2.05, 4.69) is 5.10 Å². The van der Waals surface area contributed by atoms with Crippen molar-refractivity contribution < 1.29 is 19.8 Å². The monoisotopic (exact) mass is 351 g/mol. The molecule has 1 aromatic rings. The minimum atomic E-state index is -1.25. The van der Waals surface area contributed by atoms with Crippen LogP contribution in [0.15, 0.2) is 0 Å². The Morgan fingerprint density at radius 3 is 2.56 bits per heavy atom. The van der Waals surface area contributed by atoms with Gasteiger partial charge in [-0.15, -0.1) is 0 Å². The number of carboxylic acid groups (broad SMARTS) is 1. The normalized spacial score (nSPS) is 23.7. The molecule has 2 heterocycles. The quantitative estimate of drug-likeness (QED) is 0.808. The number of aromatic nitrogens is 2. The Kier molecular flexibility index (Phi) is 5.87. The molecule has 1 amide bonds. The molecule has 7 nitrogen and oxygen atoms in total. The SMILES string of the molecule is CCC[C@@]1(C(=O)O)CN(C(=O)CCc2c(C)nn(C)c2C)CC[C@H]1O. The molecule has 0 unspecified atom stereocenters. The van der Waals surface area contributed by atoms with Crippen LogP contribution in [-0.2, 0) is 23.1 Å². The predicted molar refractivity (Wildman–Crippen MR) is 93.2 cm³/mol. The lowest BCUT2D eigenvalue weighted by Gasteiger charge is -2.43. The van der Waals surface area contributed by atoms with E-state index in [-0.39, 0.29) is 12.5 Å². The molecule has 0 spiro atoms. The van der Waals surface area contributed by atoms with Crippen LogP contribution in [0.5, 0.6) is 0 Å². The van der Waals surface area contributed by atoms with Crippen LogP contribution in [0.4, 0.5) is 0 Å². The number of likely N-dealkylation sites (tertiary alicyclic amines) is 1. The minimum absolute atomic E-state index is 0.0590. The van der Waals surface area contributed by atoms with Gasteiger partial charge in [0, 0.05) is 32.3 Å². The van der Waals surface area contributed by atoms with Crippen LogP contribution >= 0.6 is 0 Å². The Balaban J connectivity index is 2.07. The summed E-state index contributed by atoms with van der Waals surface area (Å²) in [6.07, 6.45) is 1.34. The van der Waals surface area contributed by atoms with E-state index in [1.54, 1.807) is 4.90 Å². The molecule has 7 heteroatoms. The second-order valence-corrected chi connectivity index (χ2v) is 7.10. The van der Waals surface area contributed by atoms with Crippen molar-refractivity contribution in [1.29, 1.82) is 0 Å². The number of piperidine rings is 1. The minimum Gasteiger partial charge on any atom is -0.481 e. The number of amides is 1. The largest absolute Gasteiger partial charge is 0.481 e. The van der Waals surface area contributed by atoms with E-state index in [0.717, 1.165) is 17.0 Å². The van der Waals surface area contributed by atoms with E-state index in [0.29, 0.717) is 38.6 Å². The molecule has 1 aromatic heterocycles. The molecular weight excluding hydrogens is 322 g/mol. The Morgan fingerprint density at radius 1 is 1.36 bits per heavy atom. The molecule has 25 heavy (non-hydrogen) atoms. The summed E-state index contributed by atoms with van der Waals surface area (Å²) in [7, 11) is 1.88. The van der Waals surface area contributed by atoms with Crippen LogP contribution in [0.1, 0.15) is 49.6 Å². The number of aliphatic hydroxyl groups is 1. The average Bonchev–Trinajstić information content (AvgIpc) is 2.80. The van der Waals surface area contributed by atoms with E-state index in [1.807, 2.05) is 32.5 Å². The summed E-state index contributed by atoms with van der Waals surface area (Å²) >= 11 is 0. The molecule has 1 aliphatic rings. The number of aryl methyl sites for hydroxylation is 2. The van der Waals surface area contributed by atoms with Crippen LogP contribution in [0.3, 0.4) is 0 Å². The molecule has 0 radical (unpaired) electrons. The molecule has 1 saturated heterocycles. The number of hydrogen-bond acceptors (Lipinski definition) is 4. The van der Waals surface area contributed by atoms with Crippen molar-refractivity contribution >= 4 is 11.9 Å². The van der Waals surface area contributed by atoms with Crippen molar-refractivity contribution in [3.05, 3.63) is 17.0 Å². The Labute approximate surface area is 148 Å². The lowest BCUT2D eigenvalue weighted by molar-refractivity contribution is -0.166. The molecule has 140 valence electrons. The fourth-order valence-electron chi connectivity index (χ4n) is 3.87. The van der Waals surface area contributed by atoms with E-state index in [1.165, 1.54) is 0 Å². The first kappa shape index (κ1) is 19.4. The van der Waals surface area contributed by atoms with E-state index < -0.39 is 17.5 Å². The van der Waals surface area contributed by atoms with Gasteiger partial charge in [-0.3, -0.25) is 14.3 Å². The maximum Gasteiger partial charge on any atom is 0.314 e. The number of carbonyl (C=O) groups excluding carboxylic acids is 1. The van der Waals surface area contributed by atoms with Crippen LogP contribution in [0, 0.1) is 19.3 Å². The first-order valence-electron chi connectivity index (χ1n) is 8.91. The fraction of sp³-hybridized carbons (Fsp3) is 0.722. The van der Waals surface area contributed by atoms with Crippen molar-refractivity contribution in [3.8, 4) is 0 Å². The van der Waals surface area contributed by atoms with Gasteiger partial charge in [0.1, 0.15) is 5.41 Å². The number of hydrogen-bond donors (Lipinski definition) is 2. The first-order valence-corrected chi connectivity index (χ1v) is 8.91. The third-order valence-corrected chi connectivity index (χ3v) is 5.51. The van der Waals surface area contributed by atoms with Crippen molar-refractivity contribution in [2.75, 3.05) is 13.1 Å². The topological polar surface area (TPSA) is 95.7 Å². The maximum absolute atomic E-state index is 12.6. The predicted octanol–water partition coefficient (Wildman–Crippen LogP) is 1.43. The number of carboxylic acids is 1. The summed E-state index contributed by atoms with van der Waals surface area (Å²) in [5.74, 6) is -1.07. The summed E-state index contributed by atoms with van der Waals surface area (Å²) in [5, 5.41) is 24.3. The number of aliphatic hydroxyl groups excluding tert-OH is 1. The second kappa shape index (κ2) is 7.56. The third kappa shape index (κ3) is 3.71. The third-order valence-electron chi connectivity index (χ3n) is 5.51. The molecule has 2 N–H and O–H groups in total. The highest BCUT2D eigenvalue weighted by Crippen LogP contribution is 2.35. The number of carbonyl (C=O) groups is 2. The van der Waals surface area contributed by atoms with Crippen LogP contribution < -0.4 is 0 Å². The summed E-state index contributed by atoms with van der Waals surface area (Å²) in [4.78, 5) is 26.1. The summed E-state index contributed by atoms with van der Waals surface area (Å²) in [6, 6.07) is 0. The van der Waals surface area contributed by atoms with Gasteiger partial charge in [-0.05, 0) is 38.7 Å². The zero-order chi connectivity index (χ0) is 18.8. The Hall–Kier alpha value is -1.89. The van der Waals surface area contributed by atoms with Crippen molar-refractivity contribution in [1.82, 2.24) is 14.7 Å². The molecule has 2 rings (SSSR count). The van der Waals surface area contributed by atoms with E-state index in [4.69, 9.17) is 0 Å². The van der Waals surface area contributed by atoms with Crippen LogP contribution in [0.2, 0.25) is 0 Å². The summed E-state index contributed by atoms with van der Waals surface area (Å²) in [5.41, 5.74) is 1.80. The van der Waals surface area contributed by atoms with Crippen molar-refractivity contribution in [3.63, 3.8) is 0 Å². The smallest absolute Gasteiger partial charge is 0.314 e. The number of rotatable bonds is 6. The maximum atomic E-state index is 12.6. The highest BCUT2D eigenvalue weighted by atomic mass is 16.4. The zero-order valence-corrected chi connectivity index (χ0v) is 15.6. The fourth-order valence-corrected chi connectivity index (χ4v) is 3.87. The number of aliphatic carboxylic acids is 1. The van der Waals surface area contributed by atoms with Gasteiger partial charge in [0.25, 0.3) is 0 Å². The standard InChI is InChI=1S/C18H29N3O4/c1-5-9-18(17(24)25)11-21(10-8-15(18)22)16(23)7-6-14-12(2)19-20(4)13(14)3/h15,22H,5-11H2,1-4H3,(H,24,25)/t15-,18-/m1/s1. The van der Waals surface area contributed by atoms with Crippen LogP contribution in [-0.4, -0.2) is 56.0 Å². The highest BCUT2D eigenvalue weighted by Gasteiger charge is 2.49. The van der Waals surface area contributed by atoms with Crippen molar-refractivity contribution in [2.24, 2.45) is 12.5 Å². The molecule has 1 fully saturated rings. The zero-order valence-electron chi connectivity index (χ0n) is 15.6. The van der Waals surface area contributed by atoms with Gasteiger partial charge in [-0.25, -0.2) is 0 Å². The lowest BCUT2D eigenvalue weighted by Crippen LogP contribution is -2.57. The van der Waals surface area contributed by atoms with Gasteiger partial charge in [0.05, 0.1) is 11.8 Å². The molecular formula is C18H29N3O4.